The Bertz CT molecular complexity index is 1050. The van der Waals surface area contributed by atoms with Crippen LogP contribution in [0.15, 0.2) is 54.6 Å². The number of carbonyl (C=O) groups excluding carboxylic acids is 3. The number of para-hydroxylation sites is 3. The molecule has 1 unspecified atom stereocenters. The van der Waals surface area contributed by atoms with E-state index in [0.29, 0.717) is 36.1 Å². The number of anilines is 3. The molecule has 2 N–H and O–H groups in total. The Hall–Kier alpha value is -3.39. The maximum atomic E-state index is 13.9. The van der Waals surface area contributed by atoms with Crippen LogP contribution in [0.25, 0.3) is 0 Å². The first-order chi connectivity index (χ1) is 17.4. The summed E-state index contributed by atoms with van der Waals surface area (Å²) in [5, 5.41) is 5.42. The number of amides is 4. The van der Waals surface area contributed by atoms with E-state index in [2.05, 4.69) is 29.4 Å². The van der Waals surface area contributed by atoms with E-state index in [-0.39, 0.29) is 0 Å². The molecular formula is C28H37N5O3. The standard InChI is InChI=1S/C28H37N5O3/c1-21(2)15-18-32-23-13-7-8-14-24(23)33(20-19-31-16-9-4-10-17-31)27(35)25(26(32)34)30-28(36)29-22-11-5-3-6-12-22/h3,5-8,11-14,21,25H,4,9-10,15-20H2,1-2H3,(H2,29,30,36). The molecule has 0 radical (unpaired) electrons. The monoisotopic (exact) mass is 491 g/mol. The van der Waals surface area contributed by atoms with Crippen LogP contribution in [0, 0.1) is 5.92 Å². The number of carbonyl (C=O) groups is 3. The van der Waals surface area contributed by atoms with Crippen LogP contribution in [-0.2, 0) is 9.59 Å². The van der Waals surface area contributed by atoms with E-state index in [1.165, 1.54) is 6.42 Å². The van der Waals surface area contributed by atoms with E-state index in [0.717, 1.165) is 38.9 Å². The molecule has 8 heteroatoms. The van der Waals surface area contributed by atoms with E-state index in [4.69, 9.17) is 0 Å². The molecule has 36 heavy (non-hydrogen) atoms. The Balaban J connectivity index is 1.62. The van der Waals surface area contributed by atoms with Gasteiger partial charge in [-0.1, -0.05) is 50.6 Å². The summed E-state index contributed by atoms with van der Waals surface area (Å²) in [6, 6.07) is 14.6. The van der Waals surface area contributed by atoms with Gasteiger partial charge >= 0.3 is 6.03 Å². The molecule has 8 nitrogen and oxygen atoms in total. The smallest absolute Gasteiger partial charge is 0.318 e. The molecule has 4 rings (SSSR count). The Kier molecular flexibility index (Phi) is 8.59. The highest BCUT2D eigenvalue weighted by atomic mass is 16.2. The van der Waals surface area contributed by atoms with Gasteiger partial charge < -0.3 is 25.3 Å². The predicted octanol–water partition coefficient (Wildman–Crippen LogP) is 4.09. The van der Waals surface area contributed by atoms with Crippen LogP contribution >= 0.6 is 0 Å². The zero-order valence-corrected chi connectivity index (χ0v) is 21.3. The van der Waals surface area contributed by atoms with Gasteiger partial charge in [0, 0.05) is 25.3 Å². The lowest BCUT2D eigenvalue weighted by atomic mass is 10.1. The number of rotatable bonds is 8. The lowest BCUT2D eigenvalue weighted by Crippen LogP contribution is -2.57. The molecule has 0 spiro atoms. The highest BCUT2D eigenvalue weighted by molar-refractivity contribution is 6.21. The highest BCUT2D eigenvalue weighted by Gasteiger charge is 2.41. The van der Waals surface area contributed by atoms with Gasteiger partial charge in [-0.25, -0.2) is 4.79 Å². The van der Waals surface area contributed by atoms with Crippen LogP contribution in [0.2, 0.25) is 0 Å². The topological polar surface area (TPSA) is 85.0 Å². The van der Waals surface area contributed by atoms with Crippen molar-refractivity contribution in [2.45, 2.75) is 45.6 Å². The fraction of sp³-hybridized carbons (Fsp3) is 0.464. The maximum absolute atomic E-state index is 13.9. The van der Waals surface area contributed by atoms with Crippen molar-refractivity contribution in [2.75, 3.05) is 47.8 Å². The summed E-state index contributed by atoms with van der Waals surface area (Å²) in [5.74, 6) is -0.427. The van der Waals surface area contributed by atoms with Crippen LogP contribution in [-0.4, -0.2) is 61.5 Å². The van der Waals surface area contributed by atoms with Crippen molar-refractivity contribution in [3.8, 4) is 0 Å². The second-order valence-electron chi connectivity index (χ2n) is 9.95. The molecule has 2 aliphatic heterocycles. The van der Waals surface area contributed by atoms with Crippen LogP contribution < -0.4 is 20.4 Å². The normalized spacial score (nSPS) is 18.7. The number of nitrogens with zero attached hydrogens (tertiary/aromatic N) is 3. The minimum atomic E-state index is -1.31. The first-order valence-corrected chi connectivity index (χ1v) is 13.0. The third-order valence-corrected chi connectivity index (χ3v) is 6.81. The largest absolute Gasteiger partial charge is 0.320 e. The number of hydrogen-bond acceptors (Lipinski definition) is 4. The molecule has 2 heterocycles. The fourth-order valence-corrected chi connectivity index (χ4v) is 4.79. The molecule has 1 saturated heterocycles. The Morgan fingerprint density at radius 2 is 1.42 bits per heavy atom. The van der Waals surface area contributed by atoms with Gasteiger partial charge in [-0.3, -0.25) is 9.59 Å². The molecule has 0 aliphatic carbocycles. The predicted molar refractivity (Wildman–Crippen MR) is 143 cm³/mol. The second kappa shape index (κ2) is 12.0. The lowest BCUT2D eigenvalue weighted by Gasteiger charge is -2.31. The quantitative estimate of drug-likeness (QED) is 0.545. The molecule has 1 fully saturated rings. The third-order valence-electron chi connectivity index (χ3n) is 6.81. The molecular weight excluding hydrogens is 454 g/mol. The first kappa shape index (κ1) is 25.7. The zero-order chi connectivity index (χ0) is 25.5. The average Bonchev–Trinajstić information content (AvgIpc) is 2.96. The number of urea groups is 1. The van der Waals surface area contributed by atoms with Crippen molar-refractivity contribution < 1.29 is 14.4 Å². The SMILES string of the molecule is CC(C)CCN1C(=O)C(NC(=O)Nc2ccccc2)C(=O)N(CCN2CCCCC2)c2ccccc21. The fourth-order valence-electron chi connectivity index (χ4n) is 4.79. The van der Waals surface area contributed by atoms with E-state index in [9.17, 15) is 14.4 Å². The van der Waals surface area contributed by atoms with Gasteiger partial charge in [-0.15, -0.1) is 0 Å². The highest BCUT2D eigenvalue weighted by Crippen LogP contribution is 2.34. The van der Waals surface area contributed by atoms with Crippen molar-refractivity contribution in [1.29, 1.82) is 0 Å². The summed E-state index contributed by atoms with van der Waals surface area (Å²) in [4.78, 5) is 46.3. The van der Waals surface area contributed by atoms with Gasteiger partial charge in [-0.2, -0.15) is 0 Å². The third kappa shape index (κ3) is 6.23. The Morgan fingerprint density at radius 1 is 0.833 bits per heavy atom. The number of benzene rings is 2. The molecule has 4 amide bonds. The van der Waals surface area contributed by atoms with Crippen molar-refractivity contribution in [3.05, 3.63) is 54.6 Å². The Labute approximate surface area is 213 Å². The van der Waals surface area contributed by atoms with Gasteiger partial charge in [-0.05, 0) is 62.5 Å². The van der Waals surface area contributed by atoms with E-state index < -0.39 is 23.9 Å². The molecule has 2 aromatic rings. The number of nitrogens with one attached hydrogen (secondary N) is 2. The lowest BCUT2D eigenvalue weighted by molar-refractivity contribution is -0.129. The minimum Gasteiger partial charge on any atom is -0.318 e. The summed E-state index contributed by atoms with van der Waals surface area (Å²) in [6.07, 6.45) is 4.35. The second-order valence-corrected chi connectivity index (χ2v) is 9.95. The summed E-state index contributed by atoms with van der Waals surface area (Å²) < 4.78 is 0. The molecule has 0 bridgehead atoms. The van der Waals surface area contributed by atoms with Crippen molar-refractivity contribution in [1.82, 2.24) is 10.2 Å². The molecule has 1 atom stereocenters. The van der Waals surface area contributed by atoms with Crippen molar-refractivity contribution in [3.63, 3.8) is 0 Å². The Morgan fingerprint density at radius 3 is 2.03 bits per heavy atom. The van der Waals surface area contributed by atoms with Gasteiger partial charge in [0.25, 0.3) is 11.8 Å². The van der Waals surface area contributed by atoms with E-state index in [1.54, 1.807) is 21.9 Å². The van der Waals surface area contributed by atoms with Crippen LogP contribution in [0.5, 0.6) is 0 Å². The van der Waals surface area contributed by atoms with Crippen molar-refractivity contribution in [2.24, 2.45) is 5.92 Å². The van der Waals surface area contributed by atoms with Gasteiger partial charge in [0.2, 0.25) is 0 Å². The van der Waals surface area contributed by atoms with Crippen LogP contribution in [0.1, 0.15) is 39.5 Å². The number of piperidine rings is 1. The average molecular weight is 492 g/mol. The van der Waals surface area contributed by atoms with E-state index >= 15 is 0 Å². The summed E-state index contributed by atoms with van der Waals surface area (Å²) >= 11 is 0. The molecule has 2 aliphatic rings. The van der Waals surface area contributed by atoms with Crippen LogP contribution in [0.3, 0.4) is 0 Å². The van der Waals surface area contributed by atoms with Crippen LogP contribution in [0.4, 0.5) is 21.9 Å². The molecule has 2 aromatic carbocycles. The molecule has 0 aromatic heterocycles. The van der Waals surface area contributed by atoms with Gasteiger partial charge in [0.05, 0.1) is 11.4 Å². The summed E-state index contributed by atoms with van der Waals surface area (Å²) in [7, 11) is 0. The summed E-state index contributed by atoms with van der Waals surface area (Å²) in [5.41, 5.74) is 2.01. The van der Waals surface area contributed by atoms with Gasteiger partial charge in [0.1, 0.15) is 0 Å². The minimum absolute atomic E-state index is 0.381. The van der Waals surface area contributed by atoms with Crippen molar-refractivity contribution >= 4 is 34.9 Å². The number of hydrogen-bond donors (Lipinski definition) is 2. The molecule has 192 valence electrons. The molecule has 0 saturated carbocycles. The maximum Gasteiger partial charge on any atom is 0.320 e. The number of likely N-dealkylation sites (tertiary alicyclic amines) is 1. The zero-order valence-electron chi connectivity index (χ0n) is 21.3. The van der Waals surface area contributed by atoms with Gasteiger partial charge in [0.15, 0.2) is 6.04 Å². The number of fused-ring (bicyclic) bond motifs is 1. The first-order valence-electron chi connectivity index (χ1n) is 13.0. The summed E-state index contributed by atoms with van der Waals surface area (Å²) in [6.45, 7) is 7.90. The van der Waals surface area contributed by atoms with E-state index in [1.807, 2.05) is 42.5 Å².